The first-order valence-corrected chi connectivity index (χ1v) is 5.32. The molecule has 0 saturated heterocycles. The summed E-state index contributed by atoms with van der Waals surface area (Å²) in [5.41, 5.74) is 5.08. The molecule has 0 bridgehead atoms. The minimum Gasteiger partial charge on any atom is -0.409 e. The molecular weight excluding hydrogens is 256 g/mol. The average Bonchev–Trinajstić information content (AvgIpc) is 2.46. The van der Waals surface area contributed by atoms with Gasteiger partial charge < -0.3 is 30.7 Å². The van der Waals surface area contributed by atoms with Crippen molar-refractivity contribution < 1.29 is 25.0 Å². The maximum absolute atomic E-state index is 7.97. The Balaban J connectivity index is -0.0000000904. The largest absolute Gasteiger partial charge is 0.409 e. The van der Waals surface area contributed by atoms with Crippen molar-refractivity contribution in [2.24, 2.45) is 16.8 Å². The van der Waals surface area contributed by atoms with Gasteiger partial charge in [-0.25, -0.2) is 5.90 Å². The molecule has 0 heterocycles. The molecule has 7 N–H and O–H groups in total. The first-order valence-electron chi connectivity index (χ1n) is 5.32. The van der Waals surface area contributed by atoms with Gasteiger partial charge in [0.1, 0.15) is 5.84 Å². The molecule has 0 fully saturated rings. The zero-order chi connectivity index (χ0) is 15.9. The van der Waals surface area contributed by atoms with Gasteiger partial charge in [-0.15, -0.1) is 0 Å². The lowest BCUT2D eigenvalue weighted by molar-refractivity contribution is 0.205. The first kappa shape index (κ1) is 26.2. The Kier molecular flexibility index (Phi) is 49.6. The van der Waals surface area contributed by atoms with Crippen LogP contribution in [0.15, 0.2) is 5.16 Å². The fourth-order valence-corrected chi connectivity index (χ4v) is 0.404. The Bertz CT molecular complexity index is 197. The molecule has 116 valence electrons. The SMILES string of the molecule is CCO.COCC/C(N)=N\O.COCCC#N.NO. The Morgan fingerprint density at radius 2 is 1.68 bits per heavy atom. The molecule has 0 spiro atoms. The molecular formula is C10H26N4O5. The second-order valence-corrected chi connectivity index (χ2v) is 2.55. The van der Waals surface area contributed by atoms with Crippen molar-refractivity contribution in [3.05, 3.63) is 0 Å². The van der Waals surface area contributed by atoms with Crippen LogP contribution in [0, 0.1) is 11.3 Å². The molecule has 9 heteroatoms. The lowest BCUT2D eigenvalue weighted by atomic mass is 10.4. The summed E-state index contributed by atoms with van der Waals surface area (Å²) in [5, 5.41) is 32.6. The number of hydrogen-bond acceptors (Lipinski definition) is 8. The highest BCUT2D eigenvalue weighted by Gasteiger charge is 1.88. The number of nitriles is 1. The van der Waals surface area contributed by atoms with Gasteiger partial charge in [-0.2, -0.15) is 5.26 Å². The Hall–Kier alpha value is -1.44. The zero-order valence-electron chi connectivity index (χ0n) is 11.7. The molecule has 0 radical (unpaired) electrons. The van der Waals surface area contributed by atoms with E-state index in [0.717, 1.165) is 0 Å². The van der Waals surface area contributed by atoms with Crippen LogP contribution in [-0.4, -0.2) is 55.4 Å². The van der Waals surface area contributed by atoms with Crippen LogP contribution in [0.1, 0.15) is 19.8 Å². The van der Waals surface area contributed by atoms with E-state index in [-0.39, 0.29) is 12.4 Å². The topological polar surface area (TPSA) is 167 Å². The third-order valence-corrected chi connectivity index (χ3v) is 1.11. The zero-order valence-corrected chi connectivity index (χ0v) is 11.7. The summed E-state index contributed by atoms with van der Waals surface area (Å²) in [6, 6.07) is 1.94. The first-order chi connectivity index (χ1) is 9.14. The van der Waals surface area contributed by atoms with Crippen LogP contribution in [0.3, 0.4) is 0 Å². The number of aliphatic hydroxyl groups is 1. The number of amidine groups is 1. The highest BCUT2D eigenvalue weighted by atomic mass is 16.5. The van der Waals surface area contributed by atoms with Crippen LogP contribution < -0.4 is 11.6 Å². The number of ether oxygens (including phenoxy) is 2. The van der Waals surface area contributed by atoms with Gasteiger partial charge in [0, 0.05) is 27.2 Å². The summed E-state index contributed by atoms with van der Waals surface area (Å²) in [6.45, 7) is 2.98. The molecule has 0 saturated carbocycles. The minimum absolute atomic E-state index is 0.201. The predicted molar refractivity (Wildman–Crippen MR) is 70.7 cm³/mol. The number of methoxy groups -OCH3 is 2. The molecule has 0 aliphatic heterocycles. The van der Waals surface area contributed by atoms with Crippen molar-refractivity contribution in [1.29, 1.82) is 5.26 Å². The lowest BCUT2D eigenvalue weighted by Crippen LogP contribution is -2.13. The van der Waals surface area contributed by atoms with Crippen molar-refractivity contribution in [1.82, 2.24) is 0 Å². The van der Waals surface area contributed by atoms with Crippen molar-refractivity contribution in [3.8, 4) is 6.07 Å². The maximum atomic E-state index is 7.97. The van der Waals surface area contributed by atoms with Crippen LogP contribution in [0.2, 0.25) is 0 Å². The van der Waals surface area contributed by atoms with E-state index in [9.17, 15) is 0 Å². The number of nitrogens with two attached hydrogens (primary N) is 2. The van der Waals surface area contributed by atoms with Crippen LogP contribution >= 0.6 is 0 Å². The fourth-order valence-electron chi connectivity index (χ4n) is 0.404. The molecule has 9 nitrogen and oxygen atoms in total. The highest BCUT2D eigenvalue weighted by Crippen LogP contribution is 1.77. The quantitative estimate of drug-likeness (QED) is 0.150. The smallest absolute Gasteiger partial charge is 0.141 e. The number of rotatable bonds is 5. The van der Waals surface area contributed by atoms with Gasteiger partial charge in [0.25, 0.3) is 0 Å². The monoisotopic (exact) mass is 282 g/mol. The third kappa shape index (κ3) is 61.4. The van der Waals surface area contributed by atoms with Crippen LogP contribution in [0.25, 0.3) is 0 Å². The second-order valence-electron chi connectivity index (χ2n) is 2.55. The molecule has 0 aromatic carbocycles. The minimum atomic E-state index is 0.201. The van der Waals surface area contributed by atoms with Gasteiger partial charge in [-0.3, -0.25) is 0 Å². The molecule has 19 heavy (non-hydrogen) atoms. The Morgan fingerprint density at radius 3 is 1.89 bits per heavy atom. The fraction of sp³-hybridized carbons (Fsp3) is 0.800. The summed E-state index contributed by atoms with van der Waals surface area (Å²) >= 11 is 0. The summed E-state index contributed by atoms with van der Waals surface area (Å²) in [4.78, 5) is 0. The van der Waals surface area contributed by atoms with Gasteiger partial charge in [-0.05, 0) is 6.92 Å². The molecule has 0 rings (SSSR count). The van der Waals surface area contributed by atoms with E-state index >= 15 is 0 Å². The van der Waals surface area contributed by atoms with Crippen LogP contribution in [-0.2, 0) is 9.47 Å². The van der Waals surface area contributed by atoms with E-state index in [1.807, 2.05) is 6.07 Å². The third-order valence-electron chi connectivity index (χ3n) is 1.11. The van der Waals surface area contributed by atoms with Crippen LogP contribution in [0.5, 0.6) is 0 Å². The number of oxime groups is 1. The summed E-state index contributed by atoms with van der Waals surface area (Å²) in [7, 11) is 3.14. The molecule has 0 unspecified atom stereocenters. The standard InChI is InChI=1S/C4H10N2O2.C4H7NO.C2H6O.H3NO/c1-8-3-2-4(5)6-7;1-6-4-2-3-5;1-2-3;1-2/h7H,2-3H2,1H3,(H2,5,6);2,4H2,1H3;3H,2H2,1H3;2H,1H2. The van der Waals surface area contributed by atoms with Crippen molar-refractivity contribution in [2.75, 3.05) is 34.0 Å². The van der Waals surface area contributed by atoms with Gasteiger partial charge in [0.15, 0.2) is 0 Å². The summed E-state index contributed by atoms with van der Waals surface area (Å²) in [6.07, 6.45) is 0.976. The van der Waals surface area contributed by atoms with E-state index in [4.69, 9.17) is 26.5 Å². The van der Waals surface area contributed by atoms with E-state index < -0.39 is 0 Å². The van der Waals surface area contributed by atoms with Gasteiger partial charge >= 0.3 is 0 Å². The molecule has 0 amide bonds. The number of hydrogen-bond donors (Lipinski definition) is 5. The number of nitrogens with zero attached hydrogens (tertiary/aromatic N) is 2. The molecule has 0 aromatic heterocycles. The second kappa shape index (κ2) is 36.0. The normalized spacial score (nSPS) is 8.58. The van der Waals surface area contributed by atoms with Gasteiger partial charge in [0.2, 0.25) is 0 Å². The highest BCUT2D eigenvalue weighted by molar-refractivity contribution is 5.79. The summed E-state index contributed by atoms with van der Waals surface area (Å²) in [5.74, 6) is 3.70. The molecule has 0 aromatic rings. The predicted octanol–water partition coefficient (Wildman–Crippen LogP) is -0.351. The van der Waals surface area contributed by atoms with Crippen molar-refractivity contribution >= 4 is 5.84 Å². The lowest BCUT2D eigenvalue weighted by Gasteiger charge is -1.93. The Labute approximate surface area is 114 Å². The van der Waals surface area contributed by atoms with Gasteiger partial charge in [-0.1, -0.05) is 5.16 Å². The average molecular weight is 282 g/mol. The molecule has 0 aliphatic rings. The van der Waals surface area contributed by atoms with Gasteiger partial charge in [0.05, 0.1) is 25.7 Å². The van der Waals surface area contributed by atoms with E-state index in [0.29, 0.717) is 26.1 Å². The summed E-state index contributed by atoms with van der Waals surface area (Å²) < 4.78 is 9.20. The Morgan fingerprint density at radius 1 is 1.26 bits per heavy atom. The van der Waals surface area contributed by atoms with E-state index in [2.05, 4.69) is 20.5 Å². The molecule has 0 aliphatic carbocycles. The van der Waals surface area contributed by atoms with Crippen molar-refractivity contribution in [2.45, 2.75) is 19.8 Å². The van der Waals surface area contributed by atoms with E-state index in [1.54, 1.807) is 21.1 Å². The molecule has 0 atom stereocenters. The number of aliphatic hydroxyl groups excluding tert-OH is 1. The van der Waals surface area contributed by atoms with E-state index in [1.165, 1.54) is 0 Å². The van der Waals surface area contributed by atoms with Crippen molar-refractivity contribution in [3.63, 3.8) is 0 Å². The maximum Gasteiger partial charge on any atom is 0.141 e. The van der Waals surface area contributed by atoms with Crippen LogP contribution in [0.4, 0.5) is 0 Å².